The minimum Gasteiger partial charge on any atom is -0.661 e. The van der Waals surface area contributed by atoms with E-state index in [1.54, 1.807) is 30.9 Å². The molecule has 3 heterocycles. The second-order valence-corrected chi connectivity index (χ2v) is 4.76. The largest absolute Gasteiger partial charge is 0.661 e. The molecule has 1 aliphatic rings. The van der Waals surface area contributed by atoms with Gasteiger partial charge in [0.1, 0.15) is 11.5 Å². The van der Waals surface area contributed by atoms with E-state index < -0.39 is 0 Å². The average molecular weight is 315 g/mol. The summed E-state index contributed by atoms with van der Waals surface area (Å²) < 4.78 is 0. The van der Waals surface area contributed by atoms with Gasteiger partial charge in [0.2, 0.25) is 0 Å². The third kappa shape index (κ3) is 4.01. The highest BCUT2D eigenvalue weighted by molar-refractivity contribution is 5.96. The molecule has 2 aromatic heterocycles. The first-order valence-corrected chi connectivity index (χ1v) is 7.32. The molecule has 0 spiro atoms. The van der Waals surface area contributed by atoms with Crippen molar-refractivity contribution in [2.45, 2.75) is 0 Å². The van der Waals surface area contributed by atoms with E-state index in [4.69, 9.17) is 5.73 Å². The monoisotopic (exact) mass is 315 g/mol. The number of rotatable bonds is 4. The Kier molecular flexibility index (Phi) is 4.89. The SMILES string of the molecule is N\C(=N/C(/N=C/c1ccccn1)=C1\C=CC=C[N-]1)c1ccccn1. The number of nitrogens with zero attached hydrogens (tertiary/aromatic N) is 5. The molecule has 2 N–H and O–H groups in total. The Bertz CT molecular complexity index is 832. The van der Waals surface area contributed by atoms with Gasteiger partial charge >= 0.3 is 0 Å². The highest BCUT2D eigenvalue weighted by atomic mass is 15.0. The first-order chi connectivity index (χ1) is 11.8. The summed E-state index contributed by atoms with van der Waals surface area (Å²) in [6.45, 7) is 0. The van der Waals surface area contributed by atoms with Crippen LogP contribution in [0.25, 0.3) is 5.32 Å². The maximum absolute atomic E-state index is 6.05. The Hall–Kier alpha value is -3.54. The minimum absolute atomic E-state index is 0.273. The molecular weight excluding hydrogens is 300 g/mol. The van der Waals surface area contributed by atoms with Crippen LogP contribution in [0.4, 0.5) is 0 Å². The molecule has 0 atom stereocenters. The van der Waals surface area contributed by atoms with E-state index >= 15 is 0 Å². The van der Waals surface area contributed by atoms with E-state index in [1.165, 1.54) is 0 Å². The number of nitrogens with two attached hydrogens (primary N) is 1. The molecule has 3 rings (SSSR count). The van der Waals surface area contributed by atoms with Crippen LogP contribution in [0.15, 0.2) is 94.7 Å². The zero-order valence-corrected chi connectivity index (χ0v) is 12.8. The van der Waals surface area contributed by atoms with Gasteiger partial charge in [0, 0.05) is 12.4 Å². The van der Waals surface area contributed by atoms with E-state index in [2.05, 4.69) is 25.3 Å². The molecule has 0 saturated carbocycles. The second-order valence-electron chi connectivity index (χ2n) is 4.76. The fourth-order valence-electron chi connectivity index (χ4n) is 1.91. The van der Waals surface area contributed by atoms with Gasteiger partial charge in [0.05, 0.1) is 11.9 Å². The van der Waals surface area contributed by atoms with Gasteiger partial charge in [-0.15, -0.1) is 0 Å². The van der Waals surface area contributed by atoms with Crippen LogP contribution in [0.5, 0.6) is 0 Å². The minimum atomic E-state index is 0.273. The molecule has 0 unspecified atom stereocenters. The van der Waals surface area contributed by atoms with Gasteiger partial charge in [-0.3, -0.25) is 9.97 Å². The zero-order valence-electron chi connectivity index (χ0n) is 12.8. The summed E-state index contributed by atoms with van der Waals surface area (Å²) >= 11 is 0. The van der Waals surface area contributed by atoms with Crippen molar-refractivity contribution in [1.82, 2.24) is 9.97 Å². The van der Waals surface area contributed by atoms with Crippen LogP contribution < -0.4 is 5.73 Å². The molecule has 6 heteroatoms. The van der Waals surface area contributed by atoms with Crippen molar-refractivity contribution in [1.29, 1.82) is 0 Å². The van der Waals surface area contributed by atoms with Crippen molar-refractivity contribution in [3.05, 3.63) is 101 Å². The molecule has 0 amide bonds. The van der Waals surface area contributed by atoms with E-state index in [0.29, 0.717) is 17.2 Å². The van der Waals surface area contributed by atoms with Crippen LogP contribution in [0.2, 0.25) is 0 Å². The molecule has 1 aliphatic heterocycles. The molecule has 24 heavy (non-hydrogen) atoms. The Morgan fingerprint density at radius 3 is 2.54 bits per heavy atom. The summed E-state index contributed by atoms with van der Waals surface area (Å²) in [4.78, 5) is 17.2. The molecule has 0 aromatic carbocycles. The zero-order chi connectivity index (χ0) is 16.6. The quantitative estimate of drug-likeness (QED) is 0.694. The molecular formula is C18H15N6-. The summed E-state index contributed by atoms with van der Waals surface area (Å²) in [5.41, 5.74) is 7.97. The van der Waals surface area contributed by atoms with Crippen molar-refractivity contribution < 1.29 is 0 Å². The van der Waals surface area contributed by atoms with Crippen molar-refractivity contribution in [2.75, 3.05) is 0 Å². The Labute approximate surface area is 139 Å². The van der Waals surface area contributed by atoms with Gasteiger partial charge in [-0.05, 0) is 24.3 Å². The summed E-state index contributed by atoms with van der Waals surface area (Å²) in [7, 11) is 0. The lowest BCUT2D eigenvalue weighted by Crippen LogP contribution is -2.15. The lowest BCUT2D eigenvalue weighted by atomic mass is 10.3. The lowest BCUT2D eigenvalue weighted by Gasteiger charge is -2.21. The molecule has 0 radical (unpaired) electrons. The number of pyridine rings is 2. The van der Waals surface area contributed by atoms with Gasteiger partial charge in [0.15, 0.2) is 5.84 Å². The fraction of sp³-hybridized carbons (Fsp3) is 0. The Morgan fingerprint density at radius 2 is 1.88 bits per heavy atom. The highest BCUT2D eigenvalue weighted by Crippen LogP contribution is 2.20. The van der Waals surface area contributed by atoms with Crippen LogP contribution in [-0.2, 0) is 0 Å². The van der Waals surface area contributed by atoms with Crippen molar-refractivity contribution >= 4 is 12.1 Å². The summed E-state index contributed by atoms with van der Waals surface area (Å²) in [6.07, 6.45) is 12.2. The van der Waals surface area contributed by atoms with Crippen molar-refractivity contribution in [2.24, 2.45) is 15.7 Å². The first-order valence-electron chi connectivity index (χ1n) is 7.32. The maximum Gasteiger partial charge on any atom is 0.151 e. The Morgan fingerprint density at radius 1 is 1.04 bits per heavy atom. The van der Waals surface area contributed by atoms with E-state index in [1.807, 2.05) is 48.6 Å². The normalized spacial score (nSPS) is 16.2. The molecule has 118 valence electrons. The number of hydrogen-bond donors (Lipinski definition) is 1. The maximum atomic E-state index is 6.05. The van der Waals surface area contributed by atoms with Gasteiger partial charge in [-0.1, -0.05) is 36.1 Å². The van der Waals surface area contributed by atoms with Gasteiger partial charge in [-0.2, -0.15) is 6.20 Å². The number of aliphatic imine (C=N–C) groups is 2. The van der Waals surface area contributed by atoms with Crippen molar-refractivity contribution in [3.8, 4) is 0 Å². The standard InChI is InChI=1S/C18H15N6/c19-17(15-8-2-5-11-21-15)24-18(16-9-3-6-12-22-16)23-13-14-7-1-4-10-20-14/h1-13H,(H2,19,24)/q-1/b18-16+,23-13+. The van der Waals surface area contributed by atoms with Gasteiger partial charge in [0.25, 0.3) is 0 Å². The average Bonchev–Trinajstić information content (AvgIpc) is 2.67. The van der Waals surface area contributed by atoms with Crippen LogP contribution in [0, 0.1) is 0 Å². The van der Waals surface area contributed by atoms with E-state index in [0.717, 1.165) is 5.69 Å². The van der Waals surface area contributed by atoms with Crippen molar-refractivity contribution in [3.63, 3.8) is 0 Å². The topological polar surface area (TPSA) is 90.6 Å². The van der Waals surface area contributed by atoms with Gasteiger partial charge < -0.3 is 11.1 Å². The molecule has 6 nitrogen and oxygen atoms in total. The van der Waals surface area contributed by atoms with E-state index in [9.17, 15) is 0 Å². The Balaban J connectivity index is 1.96. The highest BCUT2D eigenvalue weighted by Gasteiger charge is 2.02. The molecule has 0 aliphatic carbocycles. The van der Waals surface area contributed by atoms with E-state index in [-0.39, 0.29) is 5.84 Å². The summed E-state index contributed by atoms with van der Waals surface area (Å²) in [5, 5.41) is 4.28. The molecule has 0 saturated heterocycles. The third-order valence-electron chi connectivity index (χ3n) is 3.05. The number of amidine groups is 1. The second kappa shape index (κ2) is 7.64. The fourth-order valence-corrected chi connectivity index (χ4v) is 1.91. The first kappa shape index (κ1) is 15.4. The van der Waals surface area contributed by atoms with Gasteiger partial charge in [-0.25, -0.2) is 9.98 Å². The summed E-state index contributed by atoms with van der Waals surface area (Å²) in [5.74, 6) is 0.666. The smallest absolute Gasteiger partial charge is 0.151 e. The van der Waals surface area contributed by atoms with Crippen LogP contribution in [0.1, 0.15) is 11.4 Å². The predicted octanol–water partition coefficient (Wildman–Crippen LogP) is 2.93. The number of hydrogen-bond acceptors (Lipinski definition) is 4. The molecule has 0 bridgehead atoms. The molecule has 2 aromatic rings. The third-order valence-corrected chi connectivity index (χ3v) is 3.05. The molecule has 0 fully saturated rings. The number of allylic oxidation sites excluding steroid dienone is 3. The lowest BCUT2D eigenvalue weighted by molar-refractivity contribution is 1.17. The van der Waals surface area contributed by atoms with Crippen LogP contribution >= 0.6 is 0 Å². The predicted molar refractivity (Wildman–Crippen MR) is 95.5 cm³/mol. The van der Waals surface area contributed by atoms with Crippen LogP contribution in [-0.4, -0.2) is 22.0 Å². The number of aromatic nitrogens is 2. The van der Waals surface area contributed by atoms with Crippen LogP contribution in [0.3, 0.4) is 0 Å². The summed E-state index contributed by atoms with van der Waals surface area (Å²) in [6, 6.07) is 11.0.